The number of carbonyl (C=O) groups excluding carboxylic acids is 2. The van der Waals surface area contributed by atoms with Crippen LogP contribution in [-0.4, -0.2) is 42.8 Å². The zero-order valence-electron chi connectivity index (χ0n) is 14.1. The van der Waals surface area contributed by atoms with Crippen molar-refractivity contribution < 1.29 is 24.2 Å². The lowest BCUT2D eigenvalue weighted by atomic mass is 10.1. The van der Waals surface area contributed by atoms with Gasteiger partial charge in [-0.05, 0) is 17.7 Å². The molecule has 0 radical (unpaired) electrons. The van der Waals surface area contributed by atoms with E-state index < -0.39 is 17.9 Å². The predicted octanol–water partition coefficient (Wildman–Crippen LogP) is 1.12. The molecule has 0 saturated carbocycles. The molecule has 1 unspecified atom stereocenters. The number of benzene rings is 2. The summed E-state index contributed by atoms with van der Waals surface area (Å²) in [6.07, 6.45) is -0.381. The normalized spacial score (nSPS) is 13.6. The van der Waals surface area contributed by atoms with Crippen molar-refractivity contribution >= 4 is 17.5 Å². The molecule has 0 fully saturated rings. The van der Waals surface area contributed by atoms with Gasteiger partial charge in [-0.1, -0.05) is 30.3 Å². The number of anilines is 1. The van der Waals surface area contributed by atoms with Crippen LogP contribution in [0.15, 0.2) is 48.5 Å². The van der Waals surface area contributed by atoms with Crippen LogP contribution in [0, 0.1) is 0 Å². The smallest absolute Gasteiger partial charge is 0.313 e. The van der Waals surface area contributed by atoms with E-state index in [9.17, 15) is 14.7 Å². The highest BCUT2D eigenvalue weighted by molar-refractivity contribution is 6.39. The Labute approximate surface area is 150 Å². The molecule has 2 aromatic carbocycles. The van der Waals surface area contributed by atoms with Gasteiger partial charge in [0.25, 0.3) is 0 Å². The molecule has 0 saturated heterocycles. The molecule has 0 aromatic heterocycles. The lowest BCUT2D eigenvalue weighted by molar-refractivity contribution is -0.136. The highest BCUT2D eigenvalue weighted by Gasteiger charge is 2.17. The van der Waals surface area contributed by atoms with Crippen molar-refractivity contribution in [1.29, 1.82) is 0 Å². The van der Waals surface area contributed by atoms with E-state index in [2.05, 4.69) is 10.6 Å². The SMILES string of the molecule is O=C(NCC(O)Cc1ccccc1)C(=O)Nc1ccc2c(c1)OCCO2. The number of ether oxygens (including phenoxy) is 2. The lowest BCUT2D eigenvalue weighted by Crippen LogP contribution is -2.40. The van der Waals surface area contributed by atoms with Crippen LogP contribution in [-0.2, 0) is 16.0 Å². The first-order valence-corrected chi connectivity index (χ1v) is 8.32. The number of aliphatic hydroxyl groups is 1. The van der Waals surface area contributed by atoms with E-state index in [0.717, 1.165) is 5.56 Å². The molecule has 7 heteroatoms. The minimum absolute atomic E-state index is 0.0116. The molecular weight excluding hydrogens is 336 g/mol. The maximum absolute atomic E-state index is 12.0. The van der Waals surface area contributed by atoms with E-state index in [1.165, 1.54) is 0 Å². The third-order valence-corrected chi connectivity index (χ3v) is 3.82. The molecule has 1 atom stereocenters. The monoisotopic (exact) mass is 356 g/mol. The predicted molar refractivity (Wildman–Crippen MR) is 95.2 cm³/mol. The van der Waals surface area contributed by atoms with Crippen molar-refractivity contribution in [2.75, 3.05) is 25.1 Å². The standard InChI is InChI=1S/C19H20N2O5/c22-15(10-13-4-2-1-3-5-13)12-20-18(23)19(24)21-14-6-7-16-17(11-14)26-9-8-25-16/h1-7,11,15,22H,8-10,12H2,(H,20,23)(H,21,24). The Morgan fingerprint density at radius 3 is 2.50 bits per heavy atom. The average molecular weight is 356 g/mol. The second-order valence-electron chi connectivity index (χ2n) is 5.87. The van der Waals surface area contributed by atoms with Gasteiger partial charge in [-0.3, -0.25) is 9.59 Å². The van der Waals surface area contributed by atoms with Gasteiger partial charge in [0.05, 0.1) is 6.10 Å². The number of carbonyl (C=O) groups is 2. The zero-order chi connectivity index (χ0) is 18.4. The average Bonchev–Trinajstić information content (AvgIpc) is 2.66. The molecular formula is C19H20N2O5. The first kappa shape index (κ1) is 17.8. The maximum atomic E-state index is 12.0. The molecule has 1 heterocycles. The summed E-state index contributed by atoms with van der Waals surface area (Å²) in [5, 5.41) is 14.9. The molecule has 2 amide bonds. The van der Waals surface area contributed by atoms with Crippen molar-refractivity contribution in [3.8, 4) is 11.5 Å². The van der Waals surface area contributed by atoms with Gasteiger partial charge in [0.15, 0.2) is 11.5 Å². The minimum Gasteiger partial charge on any atom is -0.486 e. The van der Waals surface area contributed by atoms with Gasteiger partial charge in [-0.2, -0.15) is 0 Å². The van der Waals surface area contributed by atoms with Crippen LogP contribution in [0.2, 0.25) is 0 Å². The van der Waals surface area contributed by atoms with Gasteiger partial charge in [0, 0.05) is 24.7 Å². The number of rotatable bonds is 5. The van der Waals surface area contributed by atoms with Gasteiger partial charge in [0.1, 0.15) is 13.2 Å². The lowest BCUT2D eigenvalue weighted by Gasteiger charge is -2.19. The van der Waals surface area contributed by atoms with Crippen molar-refractivity contribution in [2.45, 2.75) is 12.5 Å². The number of aliphatic hydroxyl groups excluding tert-OH is 1. The fraction of sp³-hybridized carbons (Fsp3) is 0.263. The van der Waals surface area contributed by atoms with Crippen LogP contribution >= 0.6 is 0 Å². The molecule has 3 N–H and O–H groups in total. The maximum Gasteiger partial charge on any atom is 0.313 e. The van der Waals surface area contributed by atoms with E-state index in [1.54, 1.807) is 18.2 Å². The number of amides is 2. The Morgan fingerprint density at radius 1 is 1.00 bits per heavy atom. The Morgan fingerprint density at radius 2 is 1.73 bits per heavy atom. The van der Waals surface area contributed by atoms with Gasteiger partial charge in [0.2, 0.25) is 0 Å². The number of fused-ring (bicyclic) bond motifs is 1. The van der Waals surface area contributed by atoms with E-state index in [1.807, 2.05) is 30.3 Å². The fourth-order valence-corrected chi connectivity index (χ4v) is 2.56. The van der Waals surface area contributed by atoms with Crippen LogP contribution in [0.5, 0.6) is 11.5 Å². The molecule has 7 nitrogen and oxygen atoms in total. The Hall–Kier alpha value is -3.06. The second-order valence-corrected chi connectivity index (χ2v) is 5.87. The second kappa shape index (κ2) is 8.35. The fourth-order valence-electron chi connectivity index (χ4n) is 2.56. The van der Waals surface area contributed by atoms with Gasteiger partial charge < -0.3 is 25.2 Å². The van der Waals surface area contributed by atoms with E-state index in [-0.39, 0.29) is 6.54 Å². The third-order valence-electron chi connectivity index (χ3n) is 3.82. The largest absolute Gasteiger partial charge is 0.486 e. The number of hydrogen-bond donors (Lipinski definition) is 3. The van der Waals surface area contributed by atoms with E-state index >= 15 is 0 Å². The molecule has 0 spiro atoms. The van der Waals surface area contributed by atoms with Crippen molar-refractivity contribution in [3.05, 3.63) is 54.1 Å². The molecule has 2 aromatic rings. The van der Waals surface area contributed by atoms with Gasteiger partial charge in [-0.15, -0.1) is 0 Å². The summed E-state index contributed by atoms with van der Waals surface area (Å²) < 4.78 is 10.8. The Balaban J connectivity index is 1.48. The van der Waals surface area contributed by atoms with Crippen LogP contribution in [0.1, 0.15) is 5.56 Å². The summed E-state index contributed by atoms with van der Waals surface area (Å²) in [6.45, 7) is 0.902. The summed E-state index contributed by atoms with van der Waals surface area (Å²) >= 11 is 0. The molecule has 1 aliphatic rings. The Bertz CT molecular complexity index is 779. The van der Waals surface area contributed by atoms with Gasteiger partial charge in [-0.25, -0.2) is 0 Å². The van der Waals surface area contributed by atoms with Gasteiger partial charge >= 0.3 is 11.8 Å². The summed E-state index contributed by atoms with van der Waals surface area (Å²) in [4.78, 5) is 23.9. The van der Waals surface area contributed by atoms with Crippen LogP contribution < -0.4 is 20.1 Å². The highest BCUT2D eigenvalue weighted by atomic mass is 16.6. The first-order chi connectivity index (χ1) is 12.6. The molecule has 1 aliphatic heterocycles. The van der Waals surface area contributed by atoms with Crippen molar-refractivity contribution in [2.24, 2.45) is 0 Å². The summed E-state index contributed by atoms with van der Waals surface area (Å²) in [5.41, 5.74) is 1.38. The number of nitrogens with one attached hydrogen (secondary N) is 2. The van der Waals surface area contributed by atoms with E-state index in [0.29, 0.717) is 36.8 Å². The Kier molecular flexibility index (Phi) is 5.70. The van der Waals surface area contributed by atoms with Crippen molar-refractivity contribution in [3.63, 3.8) is 0 Å². The van der Waals surface area contributed by atoms with Crippen molar-refractivity contribution in [1.82, 2.24) is 5.32 Å². The number of hydrogen-bond acceptors (Lipinski definition) is 5. The van der Waals surface area contributed by atoms with E-state index in [4.69, 9.17) is 9.47 Å². The molecule has 136 valence electrons. The quantitative estimate of drug-likeness (QED) is 0.698. The van der Waals surface area contributed by atoms with Crippen LogP contribution in [0.3, 0.4) is 0 Å². The third kappa shape index (κ3) is 4.73. The first-order valence-electron chi connectivity index (χ1n) is 8.32. The minimum atomic E-state index is -0.813. The molecule has 3 rings (SSSR count). The summed E-state index contributed by atoms with van der Waals surface area (Å²) in [6, 6.07) is 14.3. The molecule has 0 bridgehead atoms. The highest BCUT2D eigenvalue weighted by Crippen LogP contribution is 2.32. The summed E-state index contributed by atoms with van der Waals surface area (Å²) in [7, 11) is 0. The van der Waals surface area contributed by atoms with Crippen LogP contribution in [0.25, 0.3) is 0 Å². The molecule has 26 heavy (non-hydrogen) atoms. The summed E-state index contributed by atoms with van der Waals surface area (Å²) in [5.74, 6) is -0.504. The zero-order valence-corrected chi connectivity index (χ0v) is 14.1. The van der Waals surface area contributed by atoms with Crippen LogP contribution in [0.4, 0.5) is 5.69 Å². The molecule has 0 aliphatic carbocycles. The topological polar surface area (TPSA) is 96.9 Å².